The summed E-state index contributed by atoms with van der Waals surface area (Å²) in [5, 5.41) is 13.9. The van der Waals surface area contributed by atoms with Gasteiger partial charge >= 0.3 is 0 Å². The van der Waals surface area contributed by atoms with Gasteiger partial charge in [-0.15, -0.1) is 10.2 Å². The van der Waals surface area contributed by atoms with E-state index in [1.54, 1.807) is 23.5 Å². The van der Waals surface area contributed by atoms with Crippen LogP contribution in [0.25, 0.3) is 4.96 Å². The lowest BCUT2D eigenvalue weighted by molar-refractivity contribution is 0.304. The van der Waals surface area contributed by atoms with Crippen molar-refractivity contribution >= 4 is 44.2 Å². The lowest BCUT2D eigenvalue weighted by Crippen LogP contribution is -1.99. The minimum atomic E-state index is 0.437. The van der Waals surface area contributed by atoms with Crippen molar-refractivity contribution in [2.24, 2.45) is 4.99 Å². The zero-order valence-electron chi connectivity index (χ0n) is 13.0. The highest BCUT2D eigenvalue weighted by molar-refractivity contribution is 8.38. The first-order valence-corrected chi connectivity index (χ1v) is 10.3. The van der Waals surface area contributed by atoms with Crippen molar-refractivity contribution in [1.29, 1.82) is 0 Å². The van der Waals surface area contributed by atoms with Gasteiger partial charge in [0.15, 0.2) is 10.8 Å². The number of hydrogen-bond acceptors (Lipinski definition) is 8. The predicted molar refractivity (Wildman–Crippen MR) is 100 cm³/mol. The first-order valence-electron chi connectivity index (χ1n) is 7.47. The third-order valence-corrected chi connectivity index (χ3v) is 6.45. The van der Waals surface area contributed by atoms with Crippen LogP contribution in [0.1, 0.15) is 16.4 Å². The zero-order chi connectivity index (χ0) is 16.4. The van der Waals surface area contributed by atoms with Crippen LogP contribution in [0.3, 0.4) is 0 Å². The van der Waals surface area contributed by atoms with E-state index in [0.717, 1.165) is 44.0 Å². The van der Waals surface area contributed by atoms with Gasteiger partial charge in [0, 0.05) is 5.75 Å². The second-order valence-corrected chi connectivity index (χ2v) is 8.54. The van der Waals surface area contributed by atoms with Gasteiger partial charge in [-0.2, -0.15) is 9.61 Å². The van der Waals surface area contributed by atoms with Crippen molar-refractivity contribution in [3.8, 4) is 5.75 Å². The van der Waals surface area contributed by atoms with Crippen LogP contribution in [0.4, 0.5) is 0 Å². The number of fused-ring (bicyclic) bond motifs is 1. The predicted octanol–water partition coefficient (Wildman–Crippen LogP) is 3.41. The third kappa shape index (κ3) is 3.57. The average molecular weight is 378 g/mol. The van der Waals surface area contributed by atoms with Crippen LogP contribution < -0.4 is 4.74 Å². The molecule has 1 aliphatic heterocycles. The number of ether oxygens (including phenoxy) is 1. The molecule has 0 amide bonds. The Labute approximate surface area is 151 Å². The summed E-state index contributed by atoms with van der Waals surface area (Å²) in [6, 6.07) is 8.01. The van der Waals surface area contributed by atoms with Crippen molar-refractivity contribution in [2.75, 3.05) is 12.3 Å². The van der Waals surface area contributed by atoms with Gasteiger partial charge in [-0.3, -0.25) is 4.99 Å². The van der Waals surface area contributed by atoms with Gasteiger partial charge in [-0.25, -0.2) is 0 Å². The van der Waals surface area contributed by atoms with Gasteiger partial charge in [0.25, 0.3) is 0 Å². The Morgan fingerprint density at radius 1 is 1.33 bits per heavy atom. The zero-order valence-corrected chi connectivity index (χ0v) is 15.5. The fraction of sp³-hybridized carbons (Fsp3) is 0.333. The highest BCUT2D eigenvalue weighted by atomic mass is 32.2. The normalized spacial score (nSPS) is 14.3. The first-order chi connectivity index (χ1) is 11.8. The Balaban J connectivity index is 1.43. The van der Waals surface area contributed by atoms with Crippen LogP contribution in [0.5, 0.6) is 5.75 Å². The van der Waals surface area contributed by atoms with Crippen molar-refractivity contribution in [3.63, 3.8) is 0 Å². The van der Waals surface area contributed by atoms with E-state index in [0.29, 0.717) is 6.61 Å². The first kappa shape index (κ1) is 15.9. The Hall–Kier alpha value is -1.58. The number of aryl methyl sites for hydroxylation is 1. The van der Waals surface area contributed by atoms with E-state index >= 15 is 0 Å². The fourth-order valence-electron chi connectivity index (χ4n) is 2.22. The maximum atomic E-state index is 5.81. The van der Waals surface area contributed by atoms with Crippen molar-refractivity contribution in [1.82, 2.24) is 19.8 Å². The Kier molecular flexibility index (Phi) is 4.72. The van der Waals surface area contributed by atoms with E-state index in [2.05, 4.69) is 20.3 Å². The van der Waals surface area contributed by atoms with Gasteiger partial charge < -0.3 is 4.74 Å². The lowest BCUT2D eigenvalue weighted by Gasteiger charge is -2.04. The van der Waals surface area contributed by atoms with E-state index < -0.39 is 0 Å². The van der Waals surface area contributed by atoms with Gasteiger partial charge in [-0.1, -0.05) is 47.0 Å². The minimum Gasteiger partial charge on any atom is -0.486 e. The topological polar surface area (TPSA) is 64.7 Å². The monoisotopic (exact) mass is 377 g/mol. The van der Waals surface area contributed by atoms with Crippen LogP contribution in [0, 0.1) is 6.92 Å². The minimum absolute atomic E-state index is 0.437. The Morgan fingerprint density at radius 2 is 2.29 bits per heavy atom. The second-order valence-electron chi connectivity index (χ2n) is 5.20. The molecule has 0 radical (unpaired) electrons. The standard InChI is InChI=1S/C15H15N5OS3/c1-10-3-2-4-11(7-10)21-8-13-19-20-12(17-18-14(20)24-13)9-23-15-16-5-6-22-15/h2-4,7H,5-6,8-9H2,1H3. The van der Waals surface area contributed by atoms with Gasteiger partial charge in [-0.05, 0) is 24.6 Å². The highest BCUT2D eigenvalue weighted by Gasteiger charge is 2.14. The maximum Gasteiger partial charge on any atom is 0.234 e. The van der Waals surface area contributed by atoms with Gasteiger partial charge in [0.1, 0.15) is 16.7 Å². The second kappa shape index (κ2) is 7.12. The van der Waals surface area contributed by atoms with Crippen LogP contribution in [0.2, 0.25) is 0 Å². The molecule has 0 saturated heterocycles. The fourth-order valence-corrected chi connectivity index (χ4v) is 4.91. The number of aromatic nitrogens is 4. The Bertz CT molecular complexity index is 888. The SMILES string of the molecule is Cc1cccc(OCc2nn3c(CSC4=NCCS4)nnc3s2)c1. The van der Waals surface area contributed by atoms with Crippen molar-refractivity contribution in [3.05, 3.63) is 40.7 Å². The summed E-state index contributed by atoms with van der Waals surface area (Å²) < 4.78 is 8.75. The van der Waals surface area contributed by atoms with Crippen LogP contribution in [-0.2, 0) is 12.4 Å². The maximum absolute atomic E-state index is 5.81. The highest BCUT2D eigenvalue weighted by Crippen LogP contribution is 2.25. The molecule has 2 aromatic heterocycles. The summed E-state index contributed by atoms with van der Waals surface area (Å²) >= 11 is 5.01. The molecule has 4 rings (SSSR count). The van der Waals surface area contributed by atoms with E-state index in [9.17, 15) is 0 Å². The number of nitrogens with zero attached hydrogens (tertiary/aromatic N) is 5. The summed E-state index contributed by atoms with van der Waals surface area (Å²) in [5.74, 6) is 3.51. The van der Waals surface area contributed by atoms with E-state index in [1.165, 1.54) is 16.9 Å². The summed E-state index contributed by atoms with van der Waals surface area (Å²) in [6.45, 7) is 3.40. The quantitative estimate of drug-likeness (QED) is 0.679. The number of rotatable bonds is 5. The molecule has 0 aliphatic carbocycles. The molecule has 0 fully saturated rings. The molecule has 1 aromatic carbocycles. The third-order valence-electron chi connectivity index (χ3n) is 3.33. The number of thioether (sulfide) groups is 2. The number of benzene rings is 1. The van der Waals surface area contributed by atoms with E-state index in [4.69, 9.17) is 4.74 Å². The van der Waals surface area contributed by atoms with Crippen LogP contribution in [0.15, 0.2) is 29.3 Å². The molecule has 24 heavy (non-hydrogen) atoms. The van der Waals surface area contributed by atoms with Gasteiger partial charge in [0.05, 0.1) is 12.3 Å². The van der Waals surface area contributed by atoms with E-state index in [-0.39, 0.29) is 0 Å². The average Bonchev–Trinajstić information content (AvgIpc) is 3.29. The molecular weight excluding hydrogens is 362 g/mol. The van der Waals surface area contributed by atoms with Gasteiger partial charge in [0.2, 0.25) is 4.96 Å². The summed E-state index contributed by atoms with van der Waals surface area (Å²) in [5.41, 5.74) is 1.18. The molecule has 0 saturated carbocycles. The molecule has 6 nitrogen and oxygen atoms in total. The molecular formula is C15H15N5OS3. The Morgan fingerprint density at radius 3 is 3.12 bits per heavy atom. The molecule has 1 aliphatic rings. The molecule has 9 heteroatoms. The van der Waals surface area contributed by atoms with Crippen LogP contribution >= 0.6 is 34.9 Å². The molecule has 3 aromatic rings. The lowest BCUT2D eigenvalue weighted by atomic mass is 10.2. The van der Waals surface area contributed by atoms with E-state index in [1.807, 2.05) is 35.7 Å². The molecule has 0 bridgehead atoms. The smallest absolute Gasteiger partial charge is 0.234 e. The van der Waals surface area contributed by atoms with Crippen LogP contribution in [-0.4, -0.2) is 36.5 Å². The summed E-state index contributed by atoms with van der Waals surface area (Å²) in [7, 11) is 0. The number of aliphatic imine (C=N–C) groups is 1. The van der Waals surface area contributed by atoms with Crippen molar-refractivity contribution in [2.45, 2.75) is 19.3 Å². The largest absolute Gasteiger partial charge is 0.486 e. The molecule has 0 spiro atoms. The molecule has 0 atom stereocenters. The number of hydrogen-bond donors (Lipinski definition) is 0. The van der Waals surface area contributed by atoms with Crippen molar-refractivity contribution < 1.29 is 4.74 Å². The molecule has 124 valence electrons. The summed E-state index contributed by atoms with van der Waals surface area (Å²) in [6.07, 6.45) is 0. The molecule has 0 unspecified atom stereocenters. The summed E-state index contributed by atoms with van der Waals surface area (Å²) in [4.78, 5) is 5.24. The molecule has 3 heterocycles. The molecule has 0 N–H and O–H groups in total.